The lowest BCUT2D eigenvalue weighted by Gasteiger charge is -2.20. The summed E-state index contributed by atoms with van der Waals surface area (Å²) in [4.78, 5) is 22.6. The third kappa shape index (κ3) is 10.7. The first-order valence-electron chi connectivity index (χ1n) is 6.18. The quantitative estimate of drug-likeness (QED) is 0.475. The molecule has 0 fully saturated rings. The standard InChI is InChI=1S/C13H24O3.3CH4/c1-5-7-16-13(15)11(4)12(9-14)8-10(3)6-2;;;/h9-12H,5-8H2,1-4H3;3*1H4. The van der Waals surface area contributed by atoms with Crippen LogP contribution in [0.15, 0.2) is 0 Å². The molecular weight excluding hydrogens is 240 g/mol. The first-order chi connectivity index (χ1) is 7.56. The second-order valence-corrected chi connectivity index (χ2v) is 4.51. The second kappa shape index (κ2) is 15.2. The molecule has 0 rings (SSSR count). The number of esters is 1. The predicted molar refractivity (Wildman–Crippen MR) is 84.2 cm³/mol. The zero-order valence-corrected chi connectivity index (χ0v) is 10.9. The van der Waals surface area contributed by atoms with Gasteiger partial charge in [-0.25, -0.2) is 0 Å². The Morgan fingerprint density at radius 1 is 1.16 bits per heavy atom. The van der Waals surface area contributed by atoms with Gasteiger partial charge in [-0.05, 0) is 18.8 Å². The van der Waals surface area contributed by atoms with Gasteiger partial charge in [0.15, 0.2) is 0 Å². The molecule has 0 aliphatic carbocycles. The molecule has 0 N–H and O–H groups in total. The zero-order chi connectivity index (χ0) is 12.6. The average Bonchev–Trinajstić information content (AvgIpc) is 2.31. The number of aldehydes is 1. The predicted octanol–water partition coefficient (Wildman–Crippen LogP) is 4.74. The summed E-state index contributed by atoms with van der Waals surface area (Å²) >= 11 is 0. The van der Waals surface area contributed by atoms with E-state index in [1.807, 2.05) is 6.92 Å². The Morgan fingerprint density at radius 3 is 2.05 bits per heavy atom. The van der Waals surface area contributed by atoms with Crippen LogP contribution in [0.25, 0.3) is 0 Å². The maximum Gasteiger partial charge on any atom is 0.309 e. The van der Waals surface area contributed by atoms with Gasteiger partial charge in [-0.3, -0.25) is 4.79 Å². The summed E-state index contributed by atoms with van der Waals surface area (Å²) in [6.07, 6.45) is 3.50. The van der Waals surface area contributed by atoms with Gasteiger partial charge in [0.1, 0.15) is 6.29 Å². The van der Waals surface area contributed by atoms with Crippen molar-refractivity contribution in [1.29, 1.82) is 0 Å². The lowest BCUT2D eigenvalue weighted by molar-refractivity contribution is -0.151. The molecule has 3 atom stereocenters. The molecule has 0 aromatic rings. The van der Waals surface area contributed by atoms with Crippen molar-refractivity contribution < 1.29 is 14.3 Å². The van der Waals surface area contributed by atoms with Crippen LogP contribution in [0.5, 0.6) is 0 Å². The molecule has 3 heteroatoms. The van der Waals surface area contributed by atoms with Crippen molar-refractivity contribution in [1.82, 2.24) is 0 Å². The van der Waals surface area contributed by atoms with Gasteiger partial charge >= 0.3 is 5.97 Å². The van der Waals surface area contributed by atoms with Crippen molar-refractivity contribution in [2.45, 2.75) is 69.2 Å². The summed E-state index contributed by atoms with van der Waals surface area (Å²) in [6.45, 7) is 8.36. The van der Waals surface area contributed by atoms with E-state index in [1.165, 1.54) is 0 Å². The molecule has 0 aromatic heterocycles. The van der Waals surface area contributed by atoms with Crippen molar-refractivity contribution >= 4 is 12.3 Å². The molecule has 0 amide bonds. The molecule has 0 heterocycles. The smallest absolute Gasteiger partial charge is 0.309 e. The molecule has 0 saturated carbocycles. The second-order valence-electron chi connectivity index (χ2n) is 4.51. The number of rotatable bonds is 8. The average molecular weight is 276 g/mol. The monoisotopic (exact) mass is 276 g/mol. The van der Waals surface area contributed by atoms with E-state index in [1.54, 1.807) is 6.92 Å². The summed E-state index contributed by atoms with van der Waals surface area (Å²) in [5.41, 5.74) is 0. The summed E-state index contributed by atoms with van der Waals surface area (Å²) in [5, 5.41) is 0. The number of hydrogen-bond donors (Lipinski definition) is 0. The summed E-state index contributed by atoms with van der Waals surface area (Å²) in [7, 11) is 0. The van der Waals surface area contributed by atoms with Gasteiger partial charge in [0, 0.05) is 5.92 Å². The highest BCUT2D eigenvalue weighted by Crippen LogP contribution is 2.21. The molecule has 3 unspecified atom stereocenters. The molecule has 0 saturated heterocycles. The molecule has 0 spiro atoms. The Morgan fingerprint density at radius 2 is 1.68 bits per heavy atom. The van der Waals surface area contributed by atoms with E-state index in [4.69, 9.17) is 4.74 Å². The van der Waals surface area contributed by atoms with E-state index < -0.39 is 0 Å². The van der Waals surface area contributed by atoms with Crippen LogP contribution in [-0.2, 0) is 14.3 Å². The number of carbonyl (C=O) groups is 2. The van der Waals surface area contributed by atoms with E-state index in [0.717, 1.165) is 25.5 Å². The largest absolute Gasteiger partial charge is 0.465 e. The topological polar surface area (TPSA) is 43.4 Å². The minimum atomic E-state index is -0.321. The van der Waals surface area contributed by atoms with E-state index in [9.17, 15) is 9.59 Å². The Balaban J connectivity index is -0.000000375. The van der Waals surface area contributed by atoms with Gasteiger partial charge in [0.25, 0.3) is 0 Å². The summed E-state index contributed by atoms with van der Waals surface area (Å²) < 4.78 is 5.05. The Kier molecular flexibility index (Phi) is 21.3. The van der Waals surface area contributed by atoms with Crippen molar-refractivity contribution in [2.24, 2.45) is 17.8 Å². The Bertz CT molecular complexity index is 214. The van der Waals surface area contributed by atoms with Crippen molar-refractivity contribution in [2.75, 3.05) is 6.61 Å². The maximum absolute atomic E-state index is 11.6. The fraction of sp³-hybridized carbons (Fsp3) is 0.875. The third-order valence-corrected chi connectivity index (χ3v) is 3.01. The van der Waals surface area contributed by atoms with Crippen LogP contribution < -0.4 is 0 Å². The van der Waals surface area contributed by atoms with Crippen molar-refractivity contribution in [3.63, 3.8) is 0 Å². The fourth-order valence-corrected chi connectivity index (χ4v) is 1.52. The first kappa shape index (κ1) is 26.7. The van der Waals surface area contributed by atoms with E-state index in [2.05, 4.69) is 13.8 Å². The summed E-state index contributed by atoms with van der Waals surface area (Å²) in [6, 6.07) is 0. The van der Waals surface area contributed by atoms with E-state index >= 15 is 0 Å². The first-order valence-corrected chi connectivity index (χ1v) is 6.18. The van der Waals surface area contributed by atoms with Gasteiger partial charge in [-0.15, -0.1) is 0 Å². The highest BCUT2D eigenvalue weighted by Gasteiger charge is 2.25. The Labute approximate surface area is 121 Å². The normalized spacial score (nSPS) is 13.7. The van der Waals surface area contributed by atoms with Crippen LogP contribution in [0.1, 0.15) is 69.2 Å². The lowest BCUT2D eigenvalue weighted by atomic mass is 9.86. The minimum absolute atomic E-state index is 0. The van der Waals surface area contributed by atoms with Crippen LogP contribution in [0.2, 0.25) is 0 Å². The molecule has 0 radical (unpaired) electrons. The van der Waals surface area contributed by atoms with Crippen LogP contribution in [0.3, 0.4) is 0 Å². The molecule has 118 valence electrons. The fourth-order valence-electron chi connectivity index (χ4n) is 1.52. The molecule has 0 aliphatic heterocycles. The van der Waals surface area contributed by atoms with Gasteiger partial charge < -0.3 is 9.53 Å². The lowest BCUT2D eigenvalue weighted by Crippen LogP contribution is -2.26. The Hall–Kier alpha value is -0.860. The van der Waals surface area contributed by atoms with Gasteiger partial charge in [0.2, 0.25) is 0 Å². The van der Waals surface area contributed by atoms with Gasteiger partial charge in [0.05, 0.1) is 12.5 Å². The van der Waals surface area contributed by atoms with Crippen molar-refractivity contribution in [3.8, 4) is 0 Å². The highest BCUT2D eigenvalue weighted by atomic mass is 16.5. The SMILES string of the molecule is C.C.C.CCCOC(=O)C(C)C(C=O)CC(C)CC. The van der Waals surface area contributed by atoms with Crippen LogP contribution in [0, 0.1) is 17.8 Å². The van der Waals surface area contributed by atoms with Crippen molar-refractivity contribution in [3.05, 3.63) is 0 Å². The van der Waals surface area contributed by atoms with Crippen LogP contribution in [0.4, 0.5) is 0 Å². The highest BCUT2D eigenvalue weighted by molar-refractivity contribution is 5.76. The number of carbonyl (C=O) groups excluding carboxylic acids is 2. The van der Waals surface area contributed by atoms with E-state index in [-0.39, 0.29) is 40.1 Å². The molecule has 3 nitrogen and oxygen atoms in total. The number of hydrogen-bond acceptors (Lipinski definition) is 3. The summed E-state index contributed by atoms with van der Waals surface area (Å²) in [5.74, 6) is -0.309. The van der Waals surface area contributed by atoms with Crippen LogP contribution >= 0.6 is 0 Å². The number of ether oxygens (including phenoxy) is 1. The van der Waals surface area contributed by atoms with Gasteiger partial charge in [-0.1, -0.05) is 56.4 Å². The molecule has 0 aromatic carbocycles. The maximum atomic E-state index is 11.6. The molecule has 0 bridgehead atoms. The third-order valence-electron chi connectivity index (χ3n) is 3.01. The van der Waals surface area contributed by atoms with Crippen LogP contribution in [-0.4, -0.2) is 18.9 Å². The van der Waals surface area contributed by atoms with Gasteiger partial charge in [-0.2, -0.15) is 0 Å². The minimum Gasteiger partial charge on any atom is -0.465 e. The molecular formula is C16H36O3. The molecule has 0 aliphatic rings. The van der Waals surface area contributed by atoms with E-state index in [0.29, 0.717) is 12.5 Å². The molecule has 19 heavy (non-hydrogen) atoms. The zero-order valence-electron chi connectivity index (χ0n) is 10.9.